The third kappa shape index (κ3) is 5.62. The minimum absolute atomic E-state index is 0.215. The molecule has 1 rings (SSSR count). The summed E-state index contributed by atoms with van der Waals surface area (Å²) in [5, 5.41) is 20.9. The second-order valence-corrected chi connectivity index (χ2v) is 6.42. The first-order valence-corrected chi connectivity index (χ1v) is 8.59. The van der Waals surface area contributed by atoms with Crippen molar-refractivity contribution in [3.8, 4) is 5.75 Å². The molecule has 0 saturated heterocycles. The Morgan fingerprint density at radius 1 is 1.14 bits per heavy atom. The lowest BCUT2D eigenvalue weighted by atomic mass is 9.93. The van der Waals surface area contributed by atoms with E-state index in [1.54, 1.807) is 0 Å². The molecule has 0 aliphatic carbocycles. The lowest BCUT2D eigenvalue weighted by molar-refractivity contribution is -0.0203. The molecule has 0 heterocycles. The predicted octanol–water partition coefficient (Wildman–Crippen LogP) is 4.48. The smallest absolute Gasteiger partial charge is 0.119 e. The van der Waals surface area contributed by atoms with Crippen LogP contribution in [0.1, 0.15) is 71.5 Å². The minimum Gasteiger partial charge on any atom is -0.491 e. The summed E-state index contributed by atoms with van der Waals surface area (Å²) in [6.07, 6.45) is 3.82. The highest BCUT2D eigenvalue weighted by molar-refractivity contribution is 5.30. The van der Waals surface area contributed by atoms with E-state index >= 15 is 0 Å². The molecule has 126 valence electrons. The summed E-state index contributed by atoms with van der Waals surface area (Å²) in [5.41, 5.74) is 0.121. The largest absolute Gasteiger partial charge is 0.491 e. The molecule has 0 unspecified atom stereocenters. The maximum atomic E-state index is 10.6. The molecular formula is C19H32O3. The van der Waals surface area contributed by atoms with Gasteiger partial charge in [0.2, 0.25) is 0 Å². The van der Waals surface area contributed by atoms with Gasteiger partial charge in [0.1, 0.15) is 12.4 Å². The molecule has 0 radical (unpaired) electrons. The number of aliphatic hydroxyl groups excluding tert-OH is 1. The van der Waals surface area contributed by atoms with Gasteiger partial charge >= 0.3 is 0 Å². The maximum absolute atomic E-state index is 10.6. The van der Waals surface area contributed by atoms with Crippen molar-refractivity contribution in [2.24, 2.45) is 5.92 Å². The normalized spacial score (nSPS) is 14.6. The van der Waals surface area contributed by atoms with Crippen molar-refractivity contribution in [2.75, 3.05) is 6.61 Å². The van der Waals surface area contributed by atoms with Crippen molar-refractivity contribution in [1.29, 1.82) is 0 Å². The standard InChI is InChI=1S/C19H32O3/c1-5-11-19(21,12-6-2)14-22-17-10-8-9-16(13-17)18(20)15(4)7-3/h8-10,13,15,18,20-21H,5-7,11-12,14H2,1-4H3/t15-,18-/m1/s1. The van der Waals surface area contributed by atoms with Crippen LogP contribution >= 0.6 is 0 Å². The van der Waals surface area contributed by atoms with E-state index in [1.807, 2.05) is 31.2 Å². The third-order valence-corrected chi connectivity index (χ3v) is 4.32. The van der Waals surface area contributed by atoms with Crippen molar-refractivity contribution in [2.45, 2.75) is 71.5 Å². The van der Waals surface area contributed by atoms with Crippen LogP contribution in [0.5, 0.6) is 5.75 Å². The van der Waals surface area contributed by atoms with Crippen LogP contribution in [0.15, 0.2) is 24.3 Å². The van der Waals surface area contributed by atoms with Crippen LogP contribution in [0.2, 0.25) is 0 Å². The molecule has 3 nitrogen and oxygen atoms in total. The molecular weight excluding hydrogens is 276 g/mol. The van der Waals surface area contributed by atoms with Gasteiger partial charge in [0.05, 0.1) is 11.7 Å². The lowest BCUT2D eigenvalue weighted by Gasteiger charge is -2.27. The van der Waals surface area contributed by atoms with E-state index in [4.69, 9.17) is 4.74 Å². The second-order valence-electron chi connectivity index (χ2n) is 6.42. The molecule has 0 spiro atoms. The molecule has 0 bridgehead atoms. The molecule has 1 aromatic carbocycles. The van der Waals surface area contributed by atoms with Crippen LogP contribution in [0.4, 0.5) is 0 Å². The SMILES string of the molecule is CCCC(O)(CCC)COc1cccc([C@H](O)[C@H](C)CC)c1. The average molecular weight is 308 g/mol. The Bertz CT molecular complexity index is 424. The van der Waals surface area contributed by atoms with Crippen LogP contribution < -0.4 is 4.74 Å². The van der Waals surface area contributed by atoms with Crippen molar-refractivity contribution in [3.63, 3.8) is 0 Å². The molecule has 2 N–H and O–H groups in total. The molecule has 0 aromatic heterocycles. The number of aliphatic hydroxyl groups is 2. The molecule has 22 heavy (non-hydrogen) atoms. The van der Waals surface area contributed by atoms with Gasteiger partial charge in [-0.2, -0.15) is 0 Å². The summed E-state index contributed by atoms with van der Waals surface area (Å²) in [5.74, 6) is 0.929. The van der Waals surface area contributed by atoms with E-state index in [9.17, 15) is 10.2 Å². The Balaban J connectivity index is 2.73. The Morgan fingerprint density at radius 2 is 1.77 bits per heavy atom. The van der Waals surface area contributed by atoms with Crippen molar-refractivity contribution in [1.82, 2.24) is 0 Å². The summed E-state index contributed by atoms with van der Waals surface area (Å²) in [7, 11) is 0. The number of hydrogen-bond donors (Lipinski definition) is 2. The first-order valence-electron chi connectivity index (χ1n) is 8.59. The summed E-state index contributed by atoms with van der Waals surface area (Å²) in [6, 6.07) is 7.59. The monoisotopic (exact) mass is 308 g/mol. The Morgan fingerprint density at radius 3 is 2.32 bits per heavy atom. The summed E-state index contributed by atoms with van der Waals surface area (Å²) >= 11 is 0. The van der Waals surface area contributed by atoms with Gasteiger partial charge < -0.3 is 14.9 Å². The van der Waals surface area contributed by atoms with Gasteiger partial charge in [-0.15, -0.1) is 0 Å². The molecule has 0 aliphatic rings. The number of benzene rings is 1. The van der Waals surface area contributed by atoms with Gasteiger partial charge in [-0.25, -0.2) is 0 Å². The predicted molar refractivity (Wildman–Crippen MR) is 91.1 cm³/mol. The van der Waals surface area contributed by atoms with Crippen molar-refractivity contribution >= 4 is 0 Å². The first kappa shape index (κ1) is 19.0. The summed E-state index contributed by atoms with van der Waals surface area (Å²) in [6.45, 7) is 8.56. The molecule has 0 saturated carbocycles. The zero-order chi connectivity index (χ0) is 16.6. The van der Waals surface area contributed by atoms with E-state index in [0.717, 1.165) is 37.7 Å². The second kappa shape index (κ2) is 9.16. The lowest BCUT2D eigenvalue weighted by Crippen LogP contribution is -2.35. The van der Waals surface area contributed by atoms with E-state index in [1.165, 1.54) is 0 Å². The zero-order valence-electron chi connectivity index (χ0n) is 14.5. The van der Waals surface area contributed by atoms with Gasteiger partial charge in [-0.3, -0.25) is 0 Å². The van der Waals surface area contributed by atoms with Crippen LogP contribution in [0, 0.1) is 5.92 Å². The van der Waals surface area contributed by atoms with Crippen LogP contribution in [-0.4, -0.2) is 22.4 Å². The molecule has 0 amide bonds. The van der Waals surface area contributed by atoms with Gasteiger partial charge in [0.15, 0.2) is 0 Å². The van der Waals surface area contributed by atoms with E-state index in [2.05, 4.69) is 20.8 Å². The quantitative estimate of drug-likeness (QED) is 0.670. The van der Waals surface area contributed by atoms with Gasteiger partial charge in [0.25, 0.3) is 0 Å². The molecule has 2 atom stereocenters. The number of rotatable bonds is 10. The summed E-state index contributed by atoms with van der Waals surface area (Å²) in [4.78, 5) is 0. The van der Waals surface area contributed by atoms with E-state index < -0.39 is 11.7 Å². The maximum Gasteiger partial charge on any atom is 0.119 e. The molecule has 0 fully saturated rings. The fourth-order valence-electron chi connectivity index (χ4n) is 2.76. The number of ether oxygens (including phenoxy) is 1. The first-order chi connectivity index (χ1) is 10.5. The Labute approximate surface area is 135 Å². The number of hydrogen-bond acceptors (Lipinski definition) is 3. The topological polar surface area (TPSA) is 49.7 Å². The van der Waals surface area contributed by atoms with Crippen molar-refractivity contribution in [3.05, 3.63) is 29.8 Å². The zero-order valence-corrected chi connectivity index (χ0v) is 14.5. The van der Waals surface area contributed by atoms with Crippen molar-refractivity contribution < 1.29 is 14.9 Å². The third-order valence-electron chi connectivity index (χ3n) is 4.32. The highest BCUT2D eigenvalue weighted by Gasteiger charge is 2.26. The van der Waals surface area contributed by atoms with Crippen LogP contribution in [0.25, 0.3) is 0 Å². The fraction of sp³-hybridized carbons (Fsp3) is 0.684. The molecule has 3 heteroatoms. The average Bonchev–Trinajstić information content (AvgIpc) is 2.52. The Hall–Kier alpha value is -1.06. The van der Waals surface area contributed by atoms with Gasteiger partial charge in [0, 0.05) is 0 Å². The molecule has 0 aliphatic heterocycles. The highest BCUT2D eigenvalue weighted by atomic mass is 16.5. The summed E-state index contributed by atoms with van der Waals surface area (Å²) < 4.78 is 5.82. The fourth-order valence-corrected chi connectivity index (χ4v) is 2.76. The highest BCUT2D eigenvalue weighted by Crippen LogP contribution is 2.28. The van der Waals surface area contributed by atoms with Gasteiger partial charge in [-0.05, 0) is 36.5 Å². The minimum atomic E-state index is -0.755. The molecule has 1 aromatic rings. The van der Waals surface area contributed by atoms with Crippen LogP contribution in [-0.2, 0) is 0 Å². The van der Waals surface area contributed by atoms with E-state index in [-0.39, 0.29) is 5.92 Å². The Kier molecular flexibility index (Phi) is 7.91. The van der Waals surface area contributed by atoms with E-state index in [0.29, 0.717) is 12.4 Å². The van der Waals surface area contributed by atoms with Gasteiger partial charge in [-0.1, -0.05) is 59.1 Å². The van der Waals surface area contributed by atoms with Crippen LogP contribution in [0.3, 0.4) is 0 Å².